The first kappa shape index (κ1) is 18.4. The van der Waals surface area contributed by atoms with E-state index in [1.165, 1.54) is 12.4 Å². The third kappa shape index (κ3) is 3.86. The molecule has 0 unspecified atom stereocenters. The molecule has 0 saturated heterocycles. The number of nitrogens with one attached hydrogen (secondary N) is 1. The Kier molecular flexibility index (Phi) is 5.07. The van der Waals surface area contributed by atoms with Crippen molar-refractivity contribution in [3.63, 3.8) is 0 Å². The zero-order valence-electron chi connectivity index (χ0n) is 15.8. The number of fused-ring (bicyclic) bond motifs is 1. The molecule has 3 heterocycles. The maximum Gasteiger partial charge on any atom is 0.272 e. The first-order chi connectivity index (χ1) is 14.1. The monoisotopic (exact) mass is 389 g/mol. The lowest BCUT2D eigenvalue weighted by molar-refractivity contribution is 0.0935. The highest BCUT2D eigenvalue weighted by atomic mass is 16.5. The molecule has 1 aromatic carbocycles. The number of hydrogen-bond donors (Lipinski definition) is 1. The predicted octanol–water partition coefficient (Wildman–Crippen LogP) is 1.94. The molecule has 0 fully saturated rings. The fourth-order valence-corrected chi connectivity index (χ4v) is 3.03. The molecule has 0 bridgehead atoms. The van der Waals surface area contributed by atoms with Crippen molar-refractivity contribution < 1.29 is 9.53 Å². The maximum atomic E-state index is 12.9. The highest BCUT2D eigenvalue weighted by Gasteiger charge is 2.19. The summed E-state index contributed by atoms with van der Waals surface area (Å²) in [6.45, 7) is 0.416. The molecule has 4 aromatic rings. The highest BCUT2D eigenvalue weighted by molar-refractivity contribution is 5.95. The van der Waals surface area contributed by atoms with Gasteiger partial charge in [-0.05, 0) is 17.7 Å². The van der Waals surface area contributed by atoms with Gasteiger partial charge in [0.1, 0.15) is 12.9 Å². The molecule has 0 aliphatic rings. The van der Waals surface area contributed by atoms with Gasteiger partial charge in [-0.3, -0.25) is 9.59 Å². The first-order valence-corrected chi connectivity index (χ1v) is 9.05. The van der Waals surface area contributed by atoms with E-state index in [2.05, 4.69) is 15.4 Å². The molecule has 146 valence electrons. The van der Waals surface area contributed by atoms with E-state index in [1.54, 1.807) is 22.3 Å². The number of ether oxygens (including phenoxy) is 1. The highest BCUT2D eigenvalue weighted by Crippen LogP contribution is 2.15. The van der Waals surface area contributed by atoms with Gasteiger partial charge in [-0.15, -0.1) is 0 Å². The van der Waals surface area contributed by atoms with Gasteiger partial charge in [-0.25, -0.2) is 9.50 Å². The lowest BCUT2D eigenvalue weighted by atomic mass is 10.2. The summed E-state index contributed by atoms with van der Waals surface area (Å²) < 4.78 is 8.97. The van der Waals surface area contributed by atoms with Crippen LogP contribution in [-0.2, 0) is 20.2 Å². The molecular formula is C21H19N5O3. The SMILES string of the molecule is Cn1ccc(=O)c(OCc2ccccc2)c1C(=O)NCc1cccc2ncnn12. The van der Waals surface area contributed by atoms with Gasteiger partial charge in [0.25, 0.3) is 5.91 Å². The average Bonchev–Trinajstić information content (AvgIpc) is 3.22. The predicted molar refractivity (Wildman–Crippen MR) is 107 cm³/mol. The van der Waals surface area contributed by atoms with E-state index in [0.717, 1.165) is 11.3 Å². The van der Waals surface area contributed by atoms with Crippen LogP contribution in [0.3, 0.4) is 0 Å². The number of aromatic nitrogens is 4. The van der Waals surface area contributed by atoms with E-state index in [-0.39, 0.29) is 30.0 Å². The molecule has 1 N–H and O–H groups in total. The van der Waals surface area contributed by atoms with Gasteiger partial charge in [0.05, 0.1) is 12.2 Å². The summed E-state index contributed by atoms with van der Waals surface area (Å²) in [6.07, 6.45) is 3.00. The number of benzene rings is 1. The van der Waals surface area contributed by atoms with E-state index in [0.29, 0.717) is 5.65 Å². The number of pyridine rings is 2. The molecule has 29 heavy (non-hydrogen) atoms. The molecule has 1 amide bonds. The Hall–Kier alpha value is -3.94. The second-order valence-electron chi connectivity index (χ2n) is 6.47. The number of hydrogen-bond acceptors (Lipinski definition) is 5. The van der Waals surface area contributed by atoms with E-state index >= 15 is 0 Å². The van der Waals surface area contributed by atoms with Crippen LogP contribution in [0.2, 0.25) is 0 Å². The molecule has 0 radical (unpaired) electrons. The molecule has 0 atom stereocenters. The molecule has 3 aromatic heterocycles. The molecule has 8 heteroatoms. The topological polar surface area (TPSA) is 90.5 Å². The molecule has 0 spiro atoms. The zero-order valence-corrected chi connectivity index (χ0v) is 15.8. The number of carbonyl (C=O) groups excluding carboxylic acids is 1. The maximum absolute atomic E-state index is 12.9. The summed E-state index contributed by atoms with van der Waals surface area (Å²) in [6, 6.07) is 16.4. The summed E-state index contributed by atoms with van der Waals surface area (Å²) in [7, 11) is 1.70. The van der Waals surface area contributed by atoms with Crippen molar-refractivity contribution in [2.45, 2.75) is 13.2 Å². The van der Waals surface area contributed by atoms with E-state index in [4.69, 9.17) is 4.74 Å². The van der Waals surface area contributed by atoms with Crippen LogP contribution >= 0.6 is 0 Å². The van der Waals surface area contributed by atoms with Gasteiger partial charge in [0.2, 0.25) is 5.43 Å². The second-order valence-corrected chi connectivity index (χ2v) is 6.47. The van der Waals surface area contributed by atoms with Crippen molar-refractivity contribution in [1.82, 2.24) is 24.5 Å². The minimum absolute atomic E-state index is 0.0234. The molecule has 0 aliphatic heterocycles. The van der Waals surface area contributed by atoms with E-state index < -0.39 is 5.91 Å². The Morgan fingerprint density at radius 2 is 1.93 bits per heavy atom. The molecule has 0 saturated carbocycles. The average molecular weight is 389 g/mol. The van der Waals surface area contributed by atoms with Crippen LogP contribution in [0.25, 0.3) is 5.65 Å². The standard InChI is InChI=1S/C21H19N5O3/c1-25-11-10-17(27)20(29-13-15-6-3-2-4-7-15)19(25)21(28)22-12-16-8-5-9-18-23-14-24-26(16)18/h2-11,14H,12-13H2,1H3,(H,22,28). The van der Waals surface area contributed by atoms with Gasteiger partial charge < -0.3 is 14.6 Å². The summed E-state index contributed by atoms with van der Waals surface area (Å²) >= 11 is 0. The summed E-state index contributed by atoms with van der Waals surface area (Å²) in [5, 5.41) is 6.99. The molecular weight excluding hydrogens is 370 g/mol. The third-order valence-electron chi connectivity index (χ3n) is 4.49. The number of rotatable bonds is 6. The third-order valence-corrected chi connectivity index (χ3v) is 4.49. The van der Waals surface area contributed by atoms with E-state index in [9.17, 15) is 9.59 Å². The van der Waals surface area contributed by atoms with Gasteiger partial charge >= 0.3 is 0 Å². The summed E-state index contributed by atoms with van der Waals surface area (Å²) in [4.78, 5) is 29.4. The van der Waals surface area contributed by atoms with Crippen LogP contribution in [0.1, 0.15) is 21.7 Å². The molecule has 8 nitrogen and oxygen atoms in total. The van der Waals surface area contributed by atoms with Gasteiger partial charge in [0, 0.05) is 19.3 Å². The van der Waals surface area contributed by atoms with Crippen LogP contribution in [0.5, 0.6) is 5.75 Å². The second kappa shape index (κ2) is 7.97. The lowest BCUT2D eigenvalue weighted by Gasteiger charge is -2.15. The Bertz CT molecular complexity index is 1210. The van der Waals surface area contributed by atoms with Crippen molar-refractivity contribution in [3.8, 4) is 5.75 Å². The van der Waals surface area contributed by atoms with Crippen molar-refractivity contribution in [3.05, 3.63) is 94.3 Å². The normalized spacial score (nSPS) is 10.8. The van der Waals surface area contributed by atoms with Crippen molar-refractivity contribution in [1.29, 1.82) is 0 Å². The van der Waals surface area contributed by atoms with Crippen LogP contribution in [-0.4, -0.2) is 25.1 Å². The Balaban J connectivity index is 1.56. The number of aryl methyl sites for hydroxylation is 1. The van der Waals surface area contributed by atoms with Crippen molar-refractivity contribution in [2.75, 3.05) is 0 Å². The zero-order chi connectivity index (χ0) is 20.2. The van der Waals surface area contributed by atoms with Gasteiger partial charge in [-0.2, -0.15) is 5.10 Å². The molecule has 4 rings (SSSR count). The number of amides is 1. The summed E-state index contributed by atoms with van der Waals surface area (Å²) in [5.74, 6) is -0.388. The van der Waals surface area contributed by atoms with Crippen molar-refractivity contribution >= 4 is 11.6 Å². The Labute approximate surface area is 166 Å². The fraction of sp³-hybridized carbons (Fsp3) is 0.143. The first-order valence-electron chi connectivity index (χ1n) is 9.05. The van der Waals surface area contributed by atoms with Gasteiger partial charge in [0.15, 0.2) is 17.1 Å². The van der Waals surface area contributed by atoms with Crippen LogP contribution in [0.15, 0.2) is 71.9 Å². The quantitative estimate of drug-likeness (QED) is 0.544. The van der Waals surface area contributed by atoms with Crippen LogP contribution in [0, 0.1) is 0 Å². The van der Waals surface area contributed by atoms with Crippen molar-refractivity contribution in [2.24, 2.45) is 7.05 Å². The Morgan fingerprint density at radius 1 is 1.10 bits per heavy atom. The van der Waals surface area contributed by atoms with Crippen LogP contribution in [0.4, 0.5) is 0 Å². The van der Waals surface area contributed by atoms with E-state index in [1.807, 2.05) is 48.5 Å². The van der Waals surface area contributed by atoms with Gasteiger partial charge in [-0.1, -0.05) is 36.4 Å². The molecule has 0 aliphatic carbocycles. The minimum Gasteiger partial charge on any atom is -0.483 e. The largest absolute Gasteiger partial charge is 0.483 e. The number of carbonyl (C=O) groups is 1. The fourth-order valence-electron chi connectivity index (χ4n) is 3.03. The smallest absolute Gasteiger partial charge is 0.272 e. The lowest BCUT2D eigenvalue weighted by Crippen LogP contribution is -2.29. The summed E-state index contributed by atoms with van der Waals surface area (Å²) in [5.41, 5.74) is 2.18. The number of nitrogens with zero attached hydrogens (tertiary/aromatic N) is 4. The Morgan fingerprint density at radius 3 is 2.76 bits per heavy atom. The van der Waals surface area contributed by atoms with Crippen LogP contribution < -0.4 is 15.5 Å². The minimum atomic E-state index is -0.412.